The Hall–Kier alpha value is -0.680. The smallest absolute Gasteiger partial charge is 0.120 e. The summed E-state index contributed by atoms with van der Waals surface area (Å²) in [4.78, 5) is 7.01. The fourth-order valence-electron chi connectivity index (χ4n) is 0.817. The normalized spacial score (nSPS) is 13.1. The molecule has 0 radical (unpaired) electrons. The SMILES string of the molecule is CS(=O)CCNCc1ncc[nH]1. The van der Waals surface area contributed by atoms with Crippen LogP contribution in [-0.4, -0.2) is 32.7 Å². The third-order valence-electron chi connectivity index (χ3n) is 1.41. The Labute approximate surface area is 74.2 Å². The Morgan fingerprint density at radius 2 is 2.58 bits per heavy atom. The molecule has 12 heavy (non-hydrogen) atoms. The van der Waals surface area contributed by atoms with E-state index in [9.17, 15) is 4.21 Å². The van der Waals surface area contributed by atoms with Crippen LogP contribution in [-0.2, 0) is 17.3 Å². The second-order valence-corrected chi connectivity index (χ2v) is 4.04. The topological polar surface area (TPSA) is 57.8 Å². The molecule has 68 valence electrons. The van der Waals surface area contributed by atoms with Crippen LogP contribution < -0.4 is 5.32 Å². The maximum absolute atomic E-state index is 10.7. The maximum Gasteiger partial charge on any atom is 0.120 e. The van der Waals surface area contributed by atoms with E-state index in [0.717, 1.165) is 12.4 Å². The van der Waals surface area contributed by atoms with E-state index in [4.69, 9.17) is 0 Å². The highest BCUT2D eigenvalue weighted by Gasteiger charge is 1.93. The van der Waals surface area contributed by atoms with Crippen molar-refractivity contribution in [1.82, 2.24) is 15.3 Å². The van der Waals surface area contributed by atoms with Crippen LogP contribution >= 0.6 is 0 Å². The molecule has 1 aromatic rings. The molecule has 1 atom stereocenters. The van der Waals surface area contributed by atoms with Crippen molar-refractivity contribution in [1.29, 1.82) is 0 Å². The molecule has 1 heterocycles. The van der Waals surface area contributed by atoms with E-state index in [2.05, 4.69) is 15.3 Å². The number of aromatic amines is 1. The first-order chi connectivity index (χ1) is 5.79. The molecule has 0 aliphatic heterocycles. The minimum Gasteiger partial charge on any atom is -0.348 e. The van der Waals surface area contributed by atoms with Gasteiger partial charge in [-0.25, -0.2) is 4.98 Å². The van der Waals surface area contributed by atoms with Crippen molar-refractivity contribution in [2.75, 3.05) is 18.6 Å². The van der Waals surface area contributed by atoms with E-state index in [1.165, 1.54) is 0 Å². The zero-order valence-electron chi connectivity index (χ0n) is 7.04. The minimum absolute atomic E-state index is 0.695. The van der Waals surface area contributed by atoms with E-state index < -0.39 is 10.8 Å². The zero-order chi connectivity index (χ0) is 8.81. The van der Waals surface area contributed by atoms with Gasteiger partial charge in [-0.2, -0.15) is 0 Å². The first-order valence-corrected chi connectivity index (χ1v) is 5.51. The lowest BCUT2D eigenvalue weighted by molar-refractivity contribution is 0.670. The third kappa shape index (κ3) is 3.64. The van der Waals surface area contributed by atoms with Gasteiger partial charge >= 0.3 is 0 Å². The highest BCUT2D eigenvalue weighted by atomic mass is 32.2. The summed E-state index contributed by atoms with van der Waals surface area (Å²) < 4.78 is 10.7. The molecule has 1 rings (SSSR count). The van der Waals surface area contributed by atoms with Crippen molar-refractivity contribution in [3.63, 3.8) is 0 Å². The Balaban J connectivity index is 2.07. The maximum atomic E-state index is 10.7. The molecule has 1 unspecified atom stereocenters. The number of imidazole rings is 1. The number of H-pyrrole nitrogens is 1. The Bertz CT molecular complexity index is 235. The van der Waals surface area contributed by atoms with Crippen LogP contribution in [0.15, 0.2) is 12.4 Å². The lowest BCUT2D eigenvalue weighted by Crippen LogP contribution is -2.20. The molecule has 0 fully saturated rings. The summed E-state index contributed by atoms with van der Waals surface area (Å²) in [5, 5.41) is 3.13. The number of hydrogen-bond acceptors (Lipinski definition) is 3. The largest absolute Gasteiger partial charge is 0.348 e. The zero-order valence-corrected chi connectivity index (χ0v) is 7.86. The first-order valence-electron chi connectivity index (χ1n) is 3.78. The van der Waals surface area contributed by atoms with Crippen LogP contribution in [0.1, 0.15) is 5.82 Å². The molecule has 0 aliphatic rings. The van der Waals surface area contributed by atoms with Gasteiger partial charge in [0.15, 0.2) is 0 Å². The summed E-state index contributed by atoms with van der Waals surface area (Å²) >= 11 is 0. The summed E-state index contributed by atoms with van der Waals surface area (Å²) in [6.07, 6.45) is 5.21. The van der Waals surface area contributed by atoms with Crippen molar-refractivity contribution in [2.24, 2.45) is 0 Å². The number of nitrogens with one attached hydrogen (secondary N) is 2. The monoisotopic (exact) mass is 187 g/mol. The lowest BCUT2D eigenvalue weighted by atomic mass is 10.6. The average Bonchev–Trinajstić information content (AvgIpc) is 2.49. The fraction of sp³-hybridized carbons (Fsp3) is 0.571. The number of hydrogen-bond donors (Lipinski definition) is 2. The molecule has 0 saturated heterocycles. The second kappa shape index (κ2) is 5.05. The summed E-state index contributed by atoms with van der Waals surface area (Å²) in [7, 11) is -0.707. The first kappa shape index (κ1) is 9.41. The van der Waals surface area contributed by atoms with Crippen molar-refractivity contribution in [3.05, 3.63) is 18.2 Å². The van der Waals surface area contributed by atoms with E-state index in [0.29, 0.717) is 12.3 Å². The van der Waals surface area contributed by atoms with Gasteiger partial charge < -0.3 is 10.3 Å². The van der Waals surface area contributed by atoms with Crippen molar-refractivity contribution in [3.8, 4) is 0 Å². The predicted octanol–water partition coefficient (Wildman–Crippen LogP) is -0.122. The Kier molecular flexibility index (Phi) is 3.96. The summed E-state index contributed by atoms with van der Waals surface area (Å²) in [6, 6.07) is 0. The molecule has 0 bridgehead atoms. The van der Waals surface area contributed by atoms with Crippen LogP contribution in [0.2, 0.25) is 0 Å². The van der Waals surface area contributed by atoms with Gasteiger partial charge in [0.25, 0.3) is 0 Å². The van der Waals surface area contributed by atoms with E-state index in [1.54, 1.807) is 18.6 Å². The molecular weight excluding hydrogens is 174 g/mol. The molecule has 0 aliphatic carbocycles. The summed E-state index contributed by atoms with van der Waals surface area (Å²) in [5.74, 6) is 1.61. The highest BCUT2D eigenvalue weighted by molar-refractivity contribution is 7.84. The molecule has 0 amide bonds. The third-order valence-corrected chi connectivity index (χ3v) is 2.19. The summed E-state index contributed by atoms with van der Waals surface area (Å²) in [5.41, 5.74) is 0. The van der Waals surface area contributed by atoms with Crippen molar-refractivity contribution in [2.45, 2.75) is 6.54 Å². The molecule has 0 aromatic carbocycles. The van der Waals surface area contributed by atoms with Gasteiger partial charge in [-0.15, -0.1) is 0 Å². The molecule has 2 N–H and O–H groups in total. The van der Waals surface area contributed by atoms with Gasteiger partial charge in [0.1, 0.15) is 5.82 Å². The molecule has 0 spiro atoms. The molecule has 5 heteroatoms. The van der Waals surface area contributed by atoms with Crippen LogP contribution in [0.4, 0.5) is 0 Å². The lowest BCUT2D eigenvalue weighted by Gasteiger charge is -1.99. The summed E-state index contributed by atoms with van der Waals surface area (Å²) in [6.45, 7) is 1.48. The van der Waals surface area contributed by atoms with Crippen LogP contribution in [0.5, 0.6) is 0 Å². The average molecular weight is 187 g/mol. The fourth-order valence-corrected chi connectivity index (χ4v) is 1.25. The predicted molar refractivity (Wildman–Crippen MR) is 49.2 cm³/mol. The second-order valence-electron chi connectivity index (χ2n) is 2.49. The van der Waals surface area contributed by atoms with E-state index >= 15 is 0 Å². The van der Waals surface area contributed by atoms with Crippen molar-refractivity contribution < 1.29 is 4.21 Å². The quantitative estimate of drug-likeness (QED) is 0.632. The van der Waals surface area contributed by atoms with Crippen LogP contribution in [0, 0.1) is 0 Å². The van der Waals surface area contributed by atoms with Gasteiger partial charge in [-0.05, 0) is 0 Å². The molecule has 1 aromatic heterocycles. The van der Waals surface area contributed by atoms with Gasteiger partial charge in [-0.1, -0.05) is 0 Å². The number of rotatable bonds is 5. The van der Waals surface area contributed by atoms with Gasteiger partial charge in [0.2, 0.25) is 0 Å². The minimum atomic E-state index is -0.707. The molecule has 0 saturated carbocycles. The highest BCUT2D eigenvalue weighted by Crippen LogP contribution is 1.85. The Morgan fingerprint density at radius 1 is 1.75 bits per heavy atom. The number of aromatic nitrogens is 2. The van der Waals surface area contributed by atoms with Gasteiger partial charge in [0, 0.05) is 41.7 Å². The Morgan fingerprint density at radius 3 is 3.17 bits per heavy atom. The van der Waals surface area contributed by atoms with E-state index in [1.807, 2.05) is 0 Å². The van der Waals surface area contributed by atoms with E-state index in [-0.39, 0.29) is 0 Å². The van der Waals surface area contributed by atoms with Gasteiger partial charge in [-0.3, -0.25) is 4.21 Å². The van der Waals surface area contributed by atoms with Crippen molar-refractivity contribution >= 4 is 10.8 Å². The standard InChI is InChI=1S/C7H13N3OS/c1-12(11)5-4-8-6-7-9-2-3-10-7/h2-3,8H,4-6H2,1H3,(H,9,10). The molecule has 4 nitrogen and oxygen atoms in total. The van der Waals surface area contributed by atoms with Crippen LogP contribution in [0.3, 0.4) is 0 Å². The number of nitrogens with zero attached hydrogens (tertiary/aromatic N) is 1. The van der Waals surface area contributed by atoms with Gasteiger partial charge in [0.05, 0.1) is 6.54 Å². The van der Waals surface area contributed by atoms with Crippen LogP contribution in [0.25, 0.3) is 0 Å². The molecular formula is C7H13N3OS.